The molecule has 0 heterocycles. The first-order chi connectivity index (χ1) is 7.93. The topological polar surface area (TPSA) is 21.3 Å². The molecule has 0 aliphatic heterocycles. The van der Waals surface area contributed by atoms with E-state index in [2.05, 4.69) is 11.6 Å². The largest absolute Gasteiger partial charge is 0.377 e. The van der Waals surface area contributed by atoms with Crippen molar-refractivity contribution in [2.45, 2.75) is 51.0 Å². The highest BCUT2D eigenvalue weighted by molar-refractivity contribution is 7.98. The van der Waals surface area contributed by atoms with Crippen LogP contribution in [0, 0.1) is 0 Å². The summed E-state index contributed by atoms with van der Waals surface area (Å²) in [7, 11) is 0. The number of thioether (sulfide) groups is 1. The Morgan fingerprint density at radius 1 is 1.12 bits per heavy atom. The third-order valence-corrected chi connectivity index (χ3v) is 3.83. The zero-order valence-corrected chi connectivity index (χ0v) is 11.5. The average Bonchev–Trinajstić information content (AvgIpc) is 2.34. The summed E-state index contributed by atoms with van der Waals surface area (Å²) in [5.74, 6) is 1.29. The van der Waals surface area contributed by atoms with Crippen molar-refractivity contribution in [1.82, 2.24) is 5.32 Å². The lowest BCUT2D eigenvalue weighted by atomic mass is 9.98. The molecule has 0 radical (unpaired) electrons. The van der Waals surface area contributed by atoms with Gasteiger partial charge in [0, 0.05) is 6.54 Å². The van der Waals surface area contributed by atoms with Crippen molar-refractivity contribution in [3.05, 3.63) is 0 Å². The van der Waals surface area contributed by atoms with E-state index in [0.29, 0.717) is 6.10 Å². The Hall–Kier alpha value is 0.270. The predicted molar refractivity (Wildman–Crippen MR) is 73.3 cm³/mol. The van der Waals surface area contributed by atoms with Gasteiger partial charge in [0.25, 0.3) is 0 Å². The van der Waals surface area contributed by atoms with Crippen molar-refractivity contribution < 1.29 is 4.74 Å². The Morgan fingerprint density at radius 2 is 1.94 bits per heavy atom. The van der Waals surface area contributed by atoms with Crippen molar-refractivity contribution in [3.8, 4) is 0 Å². The molecule has 1 N–H and O–H groups in total. The van der Waals surface area contributed by atoms with Crippen molar-refractivity contribution in [2.75, 3.05) is 31.7 Å². The molecule has 1 rings (SSSR count). The molecular weight excluding hydrogens is 218 g/mol. The molecule has 0 spiro atoms. The van der Waals surface area contributed by atoms with Gasteiger partial charge in [-0.05, 0) is 44.2 Å². The summed E-state index contributed by atoms with van der Waals surface area (Å²) in [4.78, 5) is 0. The monoisotopic (exact) mass is 245 g/mol. The third kappa shape index (κ3) is 7.53. The maximum absolute atomic E-state index is 5.84. The van der Waals surface area contributed by atoms with E-state index in [1.807, 2.05) is 11.8 Å². The van der Waals surface area contributed by atoms with Crippen LogP contribution in [0.5, 0.6) is 0 Å². The summed E-state index contributed by atoms with van der Waals surface area (Å²) in [6.45, 7) is 3.07. The van der Waals surface area contributed by atoms with E-state index in [9.17, 15) is 0 Å². The van der Waals surface area contributed by atoms with E-state index in [1.165, 1.54) is 50.7 Å². The van der Waals surface area contributed by atoms with Crippen LogP contribution >= 0.6 is 11.8 Å². The lowest BCUT2D eigenvalue weighted by Crippen LogP contribution is -2.25. The smallest absolute Gasteiger partial charge is 0.0594 e. The van der Waals surface area contributed by atoms with Crippen LogP contribution < -0.4 is 5.32 Å². The zero-order valence-electron chi connectivity index (χ0n) is 10.7. The van der Waals surface area contributed by atoms with Gasteiger partial charge in [-0.2, -0.15) is 11.8 Å². The minimum atomic E-state index is 0.562. The predicted octanol–water partition coefficient (Wildman–Crippen LogP) is 3.07. The van der Waals surface area contributed by atoms with Crippen LogP contribution in [0.1, 0.15) is 44.9 Å². The van der Waals surface area contributed by atoms with Gasteiger partial charge in [0.15, 0.2) is 0 Å². The average molecular weight is 245 g/mol. The minimum Gasteiger partial charge on any atom is -0.377 e. The van der Waals surface area contributed by atoms with E-state index >= 15 is 0 Å². The molecule has 0 aromatic heterocycles. The van der Waals surface area contributed by atoms with Crippen molar-refractivity contribution >= 4 is 11.8 Å². The molecular formula is C13H27NOS. The van der Waals surface area contributed by atoms with E-state index in [4.69, 9.17) is 4.74 Å². The SMILES string of the molecule is CSCCCCNCCOC1CCCCC1. The fraction of sp³-hybridized carbons (Fsp3) is 1.00. The lowest BCUT2D eigenvalue weighted by Gasteiger charge is -2.22. The number of hydrogen-bond donors (Lipinski definition) is 1. The lowest BCUT2D eigenvalue weighted by molar-refractivity contribution is 0.0304. The first kappa shape index (κ1) is 14.3. The van der Waals surface area contributed by atoms with Gasteiger partial charge in [0.2, 0.25) is 0 Å². The molecule has 1 aliphatic rings. The highest BCUT2D eigenvalue weighted by atomic mass is 32.2. The van der Waals surface area contributed by atoms with Gasteiger partial charge in [0.1, 0.15) is 0 Å². The Labute approximate surface area is 105 Å². The zero-order chi connectivity index (χ0) is 11.5. The number of nitrogens with one attached hydrogen (secondary N) is 1. The molecule has 0 aromatic carbocycles. The normalized spacial score (nSPS) is 17.8. The molecule has 3 heteroatoms. The maximum atomic E-state index is 5.84. The summed E-state index contributed by atoms with van der Waals surface area (Å²) in [6.07, 6.45) is 12.1. The van der Waals surface area contributed by atoms with Gasteiger partial charge in [-0.3, -0.25) is 0 Å². The van der Waals surface area contributed by atoms with Crippen LogP contribution in [0.25, 0.3) is 0 Å². The van der Waals surface area contributed by atoms with E-state index in [0.717, 1.165) is 19.7 Å². The molecule has 0 aromatic rings. The van der Waals surface area contributed by atoms with Crippen LogP contribution in [0.15, 0.2) is 0 Å². The Balaban J connectivity index is 1.77. The van der Waals surface area contributed by atoms with Crippen LogP contribution in [0.3, 0.4) is 0 Å². The maximum Gasteiger partial charge on any atom is 0.0594 e. The van der Waals surface area contributed by atoms with Gasteiger partial charge in [-0.25, -0.2) is 0 Å². The van der Waals surface area contributed by atoms with Crippen molar-refractivity contribution in [3.63, 3.8) is 0 Å². The molecule has 0 bridgehead atoms. The number of hydrogen-bond acceptors (Lipinski definition) is 3. The molecule has 0 saturated heterocycles. The highest BCUT2D eigenvalue weighted by Gasteiger charge is 2.12. The van der Waals surface area contributed by atoms with E-state index in [-0.39, 0.29) is 0 Å². The summed E-state index contributed by atoms with van der Waals surface area (Å²) >= 11 is 1.94. The molecule has 1 fully saturated rings. The van der Waals surface area contributed by atoms with Crippen molar-refractivity contribution in [1.29, 1.82) is 0 Å². The van der Waals surface area contributed by atoms with E-state index < -0.39 is 0 Å². The molecule has 96 valence electrons. The van der Waals surface area contributed by atoms with Gasteiger partial charge < -0.3 is 10.1 Å². The first-order valence-electron chi connectivity index (χ1n) is 6.74. The summed E-state index contributed by atoms with van der Waals surface area (Å²) in [5.41, 5.74) is 0. The molecule has 0 atom stereocenters. The number of rotatable bonds is 9. The molecule has 16 heavy (non-hydrogen) atoms. The van der Waals surface area contributed by atoms with Crippen LogP contribution in [-0.4, -0.2) is 37.8 Å². The Kier molecular flexibility index (Phi) is 9.34. The summed E-state index contributed by atoms with van der Waals surface area (Å²) in [6, 6.07) is 0. The molecule has 1 saturated carbocycles. The van der Waals surface area contributed by atoms with Gasteiger partial charge >= 0.3 is 0 Å². The van der Waals surface area contributed by atoms with Crippen LogP contribution in [0.4, 0.5) is 0 Å². The molecule has 0 unspecified atom stereocenters. The second kappa shape index (κ2) is 10.4. The fourth-order valence-electron chi connectivity index (χ4n) is 2.15. The quantitative estimate of drug-likeness (QED) is 0.631. The number of ether oxygens (including phenoxy) is 1. The number of unbranched alkanes of at least 4 members (excludes halogenated alkanes) is 1. The second-order valence-corrected chi connectivity index (χ2v) is 5.57. The van der Waals surface area contributed by atoms with E-state index in [1.54, 1.807) is 0 Å². The minimum absolute atomic E-state index is 0.562. The Morgan fingerprint density at radius 3 is 2.69 bits per heavy atom. The fourth-order valence-corrected chi connectivity index (χ4v) is 2.64. The van der Waals surface area contributed by atoms with Crippen molar-refractivity contribution in [2.24, 2.45) is 0 Å². The van der Waals surface area contributed by atoms with Gasteiger partial charge in [-0.1, -0.05) is 19.3 Å². The van der Waals surface area contributed by atoms with Gasteiger partial charge in [-0.15, -0.1) is 0 Å². The van der Waals surface area contributed by atoms with Crippen LogP contribution in [0.2, 0.25) is 0 Å². The Bertz CT molecular complexity index is 149. The molecule has 1 aliphatic carbocycles. The van der Waals surface area contributed by atoms with Crippen LogP contribution in [-0.2, 0) is 4.74 Å². The first-order valence-corrected chi connectivity index (χ1v) is 8.14. The summed E-state index contributed by atoms with van der Waals surface area (Å²) < 4.78 is 5.84. The standard InChI is InChI=1S/C13H27NOS/c1-16-12-6-5-9-14-10-11-15-13-7-3-2-4-8-13/h13-14H,2-12H2,1H3. The van der Waals surface area contributed by atoms with Gasteiger partial charge in [0.05, 0.1) is 12.7 Å². The third-order valence-electron chi connectivity index (χ3n) is 3.14. The molecule has 0 amide bonds. The highest BCUT2D eigenvalue weighted by Crippen LogP contribution is 2.19. The second-order valence-electron chi connectivity index (χ2n) is 4.58. The summed E-state index contributed by atoms with van der Waals surface area (Å²) in [5, 5.41) is 3.45. The molecule has 2 nitrogen and oxygen atoms in total.